The second kappa shape index (κ2) is 6.74. The van der Waals surface area contributed by atoms with E-state index in [0.29, 0.717) is 12.2 Å². The molecule has 0 radical (unpaired) electrons. The number of carboxylic acids is 1. The molecule has 0 fully saturated rings. The van der Waals surface area contributed by atoms with Crippen LogP contribution in [-0.2, 0) is 16.0 Å². The smallest absolute Gasteiger partial charge is 0.305 e. The zero-order valence-electron chi connectivity index (χ0n) is 13.4. The molecule has 0 saturated heterocycles. The van der Waals surface area contributed by atoms with Crippen LogP contribution in [0.2, 0.25) is 0 Å². The van der Waals surface area contributed by atoms with Gasteiger partial charge in [0.25, 0.3) is 5.91 Å². The number of benzene rings is 2. The van der Waals surface area contributed by atoms with Gasteiger partial charge in [-0.15, -0.1) is 0 Å². The van der Waals surface area contributed by atoms with E-state index in [-0.39, 0.29) is 12.3 Å². The molecule has 2 aromatic carbocycles. The van der Waals surface area contributed by atoms with Crippen molar-refractivity contribution in [3.63, 3.8) is 0 Å². The summed E-state index contributed by atoms with van der Waals surface area (Å²) in [4.78, 5) is 23.8. The van der Waals surface area contributed by atoms with Crippen LogP contribution in [0.5, 0.6) is 5.75 Å². The summed E-state index contributed by atoms with van der Waals surface area (Å²) in [6.07, 6.45) is -0.297. The first kappa shape index (κ1) is 16.1. The lowest BCUT2D eigenvalue weighted by Crippen LogP contribution is -2.40. The molecule has 0 spiro atoms. The number of aliphatic carboxylic acids is 1. The molecule has 5 heteroatoms. The van der Waals surface area contributed by atoms with Gasteiger partial charge in [0.1, 0.15) is 5.75 Å². The lowest BCUT2D eigenvalue weighted by molar-refractivity contribution is -0.138. The SMILES string of the molecule is Cc1ccccc1[C@@H](CC(=O)O)NC(=O)[C@H]1Cc2ccccc2O1. The Labute approximate surface area is 140 Å². The molecule has 2 N–H and O–H groups in total. The van der Waals surface area contributed by atoms with E-state index in [1.807, 2.05) is 55.5 Å². The van der Waals surface area contributed by atoms with Crippen molar-refractivity contribution in [3.8, 4) is 5.75 Å². The first-order valence-electron chi connectivity index (χ1n) is 7.87. The zero-order valence-corrected chi connectivity index (χ0v) is 13.4. The molecule has 0 aliphatic carbocycles. The molecule has 124 valence electrons. The van der Waals surface area contributed by atoms with Crippen LogP contribution in [-0.4, -0.2) is 23.1 Å². The van der Waals surface area contributed by atoms with Crippen molar-refractivity contribution < 1.29 is 19.4 Å². The fraction of sp³-hybridized carbons (Fsp3) is 0.263. The number of rotatable bonds is 5. The number of fused-ring (bicyclic) bond motifs is 1. The van der Waals surface area contributed by atoms with Gasteiger partial charge in [-0.05, 0) is 29.7 Å². The highest BCUT2D eigenvalue weighted by molar-refractivity contribution is 5.83. The zero-order chi connectivity index (χ0) is 17.1. The van der Waals surface area contributed by atoms with Crippen molar-refractivity contribution in [1.29, 1.82) is 0 Å². The predicted molar refractivity (Wildman–Crippen MR) is 88.9 cm³/mol. The Morgan fingerprint density at radius 2 is 1.92 bits per heavy atom. The molecule has 0 saturated carbocycles. The van der Waals surface area contributed by atoms with Gasteiger partial charge in [-0.3, -0.25) is 9.59 Å². The number of ether oxygens (including phenoxy) is 1. The monoisotopic (exact) mass is 325 g/mol. The number of carbonyl (C=O) groups is 2. The highest BCUT2D eigenvalue weighted by Crippen LogP contribution is 2.29. The Hall–Kier alpha value is -2.82. The third-order valence-electron chi connectivity index (χ3n) is 4.20. The van der Waals surface area contributed by atoms with E-state index in [1.165, 1.54) is 0 Å². The molecule has 0 bridgehead atoms. The van der Waals surface area contributed by atoms with Crippen LogP contribution in [0.4, 0.5) is 0 Å². The predicted octanol–water partition coefficient (Wildman–Crippen LogP) is 2.63. The van der Waals surface area contributed by atoms with E-state index >= 15 is 0 Å². The third-order valence-corrected chi connectivity index (χ3v) is 4.20. The number of amides is 1. The minimum atomic E-state index is -0.959. The lowest BCUT2D eigenvalue weighted by atomic mass is 9.98. The average molecular weight is 325 g/mol. The quantitative estimate of drug-likeness (QED) is 0.886. The maximum atomic E-state index is 12.6. The summed E-state index contributed by atoms with van der Waals surface area (Å²) >= 11 is 0. The number of carboxylic acid groups (broad SMARTS) is 1. The molecule has 0 unspecified atom stereocenters. The van der Waals surface area contributed by atoms with Crippen LogP contribution < -0.4 is 10.1 Å². The Morgan fingerprint density at radius 3 is 2.62 bits per heavy atom. The van der Waals surface area contributed by atoms with Crippen LogP contribution in [0, 0.1) is 6.92 Å². The second-order valence-corrected chi connectivity index (χ2v) is 5.93. The minimum absolute atomic E-state index is 0.170. The summed E-state index contributed by atoms with van der Waals surface area (Å²) in [5.41, 5.74) is 2.74. The Morgan fingerprint density at radius 1 is 1.21 bits per heavy atom. The lowest BCUT2D eigenvalue weighted by Gasteiger charge is -2.21. The second-order valence-electron chi connectivity index (χ2n) is 5.93. The Balaban J connectivity index is 1.75. The largest absolute Gasteiger partial charge is 0.481 e. The normalized spacial score (nSPS) is 16.8. The van der Waals surface area contributed by atoms with E-state index in [4.69, 9.17) is 4.74 Å². The maximum Gasteiger partial charge on any atom is 0.305 e. The number of para-hydroxylation sites is 1. The van der Waals surface area contributed by atoms with Crippen LogP contribution in [0.3, 0.4) is 0 Å². The van der Waals surface area contributed by atoms with Crippen molar-refractivity contribution in [2.45, 2.75) is 31.9 Å². The van der Waals surface area contributed by atoms with E-state index < -0.39 is 18.1 Å². The summed E-state index contributed by atoms with van der Waals surface area (Å²) in [7, 11) is 0. The Bertz CT molecular complexity index is 746. The molecule has 1 heterocycles. The van der Waals surface area contributed by atoms with Crippen LogP contribution in [0.25, 0.3) is 0 Å². The fourth-order valence-electron chi connectivity index (χ4n) is 2.98. The number of carbonyl (C=O) groups excluding carboxylic acids is 1. The molecule has 3 rings (SSSR count). The van der Waals surface area contributed by atoms with Gasteiger partial charge in [0, 0.05) is 6.42 Å². The highest BCUT2D eigenvalue weighted by Gasteiger charge is 2.31. The van der Waals surface area contributed by atoms with Crippen molar-refractivity contribution in [2.75, 3.05) is 0 Å². The van der Waals surface area contributed by atoms with Crippen LogP contribution in [0.15, 0.2) is 48.5 Å². The number of nitrogens with one attached hydrogen (secondary N) is 1. The van der Waals surface area contributed by atoms with Crippen molar-refractivity contribution in [3.05, 3.63) is 65.2 Å². The summed E-state index contributed by atoms with van der Waals surface area (Å²) < 4.78 is 5.68. The number of aryl methyl sites for hydroxylation is 1. The van der Waals surface area contributed by atoms with Crippen molar-refractivity contribution in [2.24, 2.45) is 0 Å². The number of hydrogen-bond donors (Lipinski definition) is 2. The molecule has 0 aromatic heterocycles. The Kier molecular flexibility index (Phi) is 4.51. The molecule has 2 aromatic rings. The minimum Gasteiger partial charge on any atom is -0.481 e. The first-order valence-corrected chi connectivity index (χ1v) is 7.87. The summed E-state index contributed by atoms with van der Waals surface area (Å²) in [5, 5.41) is 12.0. The van der Waals surface area contributed by atoms with Crippen LogP contribution >= 0.6 is 0 Å². The molecule has 1 aliphatic rings. The maximum absolute atomic E-state index is 12.6. The standard InChI is InChI=1S/C19H19NO4/c1-12-6-2-4-8-14(12)15(11-18(21)22)20-19(23)17-10-13-7-3-5-9-16(13)24-17/h2-9,15,17H,10-11H2,1H3,(H,20,23)(H,21,22)/t15-,17-/m1/s1. The molecular formula is C19H19NO4. The van der Waals surface area contributed by atoms with E-state index in [2.05, 4.69) is 5.32 Å². The van der Waals surface area contributed by atoms with Gasteiger partial charge in [-0.2, -0.15) is 0 Å². The van der Waals surface area contributed by atoms with Crippen molar-refractivity contribution >= 4 is 11.9 Å². The first-order chi connectivity index (χ1) is 11.5. The highest BCUT2D eigenvalue weighted by atomic mass is 16.5. The van der Waals surface area contributed by atoms with Gasteiger partial charge in [-0.25, -0.2) is 0 Å². The van der Waals surface area contributed by atoms with Gasteiger partial charge in [-0.1, -0.05) is 42.5 Å². The van der Waals surface area contributed by atoms with E-state index in [1.54, 1.807) is 0 Å². The van der Waals surface area contributed by atoms with Gasteiger partial charge >= 0.3 is 5.97 Å². The summed E-state index contributed by atoms with van der Waals surface area (Å²) in [6, 6.07) is 14.4. The number of hydrogen-bond acceptors (Lipinski definition) is 3. The van der Waals surface area contributed by atoms with Gasteiger partial charge < -0.3 is 15.2 Å². The van der Waals surface area contributed by atoms with Gasteiger partial charge in [0.05, 0.1) is 12.5 Å². The third kappa shape index (κ3) is 3.40. The van der Waals surface area contributed by atoms with E-state index in [0.717, 1.165) is 16.7 Å². The molecule has 2 atom stereocenters. The molecule has 24 heavy (non-hydrogen) atoms. The molecule has 1 aliphatic heterocycles. The fourth-order valence-corrected chi connectivity index (χ4v) is 2.98. The summed E-state index contributed by atoms with van der Waals surface area (Å²) in [6.45, 7) is 1.90. The van der Waals surface area contributed by atoms with Gasteiger partial charge in [0.15, 0.2) is 6.10 Å². The molecule has 1 amide bonds. The average Bonchev–Trinajstić information content (AvgIpc) is 2.98. The molecular weight excluding hydrogens is 306 g/mol. The topological polar surface area (TPSA) is 75.6 Å². The summed E-state index contributed by atoms with van der Waals surface area (Å²) in [5.74, 6) is -0.539. The molecule has 5 nitrogen and oxygen atoms in total. The van der Waals surface area contributed by atoms with Gasteiger partial charge in [0.2, 0.25) is 0 Å². The van der Waals surface area contributed by atoms with Crippen LogP contribution in [0.1, 0.15) is 29.2 Å². The van der Waals surface area contributed by atoms with Crippen molar-refractivity contribution in [1.82, 2.24) is 5.32 Å². The van der Waals surface area contributed by atoms with E-state index in [9.17, 15) is 14.7 Å².